The first-order chi connectivity index (χ1) is 9.11. The largest absolute Gasteiger partial charge is 0.457 e. The number of hydrogen-bond acceptors (Lipinski definition) is 1. The molecule has 0 bridgehead atoms. The third-order valence-corrected chi connectivity index (χ3v) is 4.28. The summed E-state index contributed by atoms with van der Waals surface area (Å²) >= 11 is 7.02. The van der Waals surface area contributed by atoms with Crippen molar-refractivity contribution >= 4 is 31.9 Å². The Labute approximate surface area is 131 Å². The molecule has 0 amide bonds. The van der Waals surface area contributed by atoms with Crippen LogP contribution >= 0.6 is 31.9 Å². The van der Waals surface area contributed by atoms with Crippen molar-refractivity contribution in [2.75, 3.05) is 0 Å². The zero-order chi connectivity index (χ0) is 13.8. The van der Waals surface area contributed by atoms with Gasteiger partial charge in [0.2, 0.25) is 0 Å². The van der Waals surface area contributed by atoms with Gasteiger partial charge in [0.1, 0.15) is 11.5 Å². The predicted molar refractivity (Wildman–Crippen MR) is 87.4 cm³/mol. The molecule has 2 aromatic rings. The molecule has 0 saturated carbocycles. The minimum Gasteiger partial charge on any atom is -0.457 e. The molecule has 0 unspecified atom stereocenters. The van der Waals surface area contributed by atoms with Gasteiger partial charge in [-0.15, -0.1) is 0 Å². The van der Waals surface area contributed by atoms with Crippen LogP contribution in [0.4, 0.5) is 0 Å². The zero-order valence-electron chi connectivity index (χ0n) is 11.0. The molecule has 2 aromatic carbocycles. The van der Waals surface area contributed by atoms with Crippen molar-refractivity contribution in [1.82, 2.24) is 0 Å². The first kappa shape index (κ1) is 14.6. The van der Waals surface area contributed by atoms with E-state index in [9.17, 15) is 0 Å². The van der Waals surface area contributed by atoms with Crippen LogP contribution in [-0.4, -0.2) is 0 Å². The van der Waals surface area contributed by atoms with E-state index in [1.54, 1.807) is 0 Å². The number of ether oxygens (including phenoxy) is 1. The quantitative estimate of drug-likeness (QED) is 0.566. The average Bonchev–Trinajstić information content (AvgIpc) is 2.39. The van der Waals surface area contributed by atoms with E-state index in [2.05, 4.69) is 57.8 Å². The van der Waals surface area contributed by atoms with Gasteiger partial charge in [-0.25, -0.2) is 0 Å². The molecule has 1 nitrogen and oxygen atoms in total. The van der Waals surface area contributed by atoms with Crippen LogP contribution in [0.15, 0.2) is 46.9 Å². The van der Waals surface area contributed by atoms with Crippen LogP contribution in [0.3, 0.4) is 0 Å². The molecule has 0 saturated heterocycles. The van der Waals surface area contributed by atoms with Gasteiger partial charge in [-0.2, -0.15) is 0 Å². The first-order valence-corrected chi connectivity index (χ1v) is 8.14. The third-order valence-electron chi connectivity index (χ3n) is 2.94. The number of benzene rings is 2. The third kappa shape index (κ3) is 3.61. The molecule has 0 aliphatic heterocycles. The van der Waals surface area contributed by atoms with Gasteiger partial charge in [0.15, 0.2) is 0 Å². The molecule has 2 rings (SSSR count). The molecular weight excluding hydrogens is 368 g/mol. The molecule has 3 heteroatoms. The second kappa shape index (κ2) is 6.58. The second-order valence-corrected chi connectivity index (χ2v) is 6.10. The van der Waals surface area contributed by atoms with Gasteiger partial charge < -0.3 is 4.74 Å². The number of alkyl halides is 1. The first-order valence-electron chi connectivity index (χ1n) is 6.23. The molecule has 0 aliphatic rings. The van der Waals surface area contributed by atoms with Gasteiger partial charge in [0, 0.05) is 9.80 Å². The molecule has 0 atom stereocenters. The highest BCUT2D eigenvalue weighted by atomic mass is 79.9. The van der Waals surface area contributed by atoms with Crippen LogP contribution in [0, 0.1) is 0 Å². The summed E-state index contributed by atoms with van der Waals surface area (Å²) in [6.45, 7) is 4.35. The van der Waals surface area contributed by atoms with E-state index in [4.69, 9.17) is 4.74 Å². The zero-order valence-corrected chi connectivity index (χ0v) is 14.2. The summed E-state index contributed by atoms with van der Waals surface area (Å²) in [5.41, 5.74) is 2.44. The van der Waals surface area contributed by atoms with Gasteiger partial charge in [-0.3, -0.25) is 0 Å². The van der Waals surface area contributed by atoms with E-state index in [1.165, 1.54) is 11.1 Å². The van der Waals surface area contributed by atoms with Crippen molar-refractivity contribution in [3.8, 4) is 11.5 Å². The van der Waals surface area contributed by atoms with Crippen molar-refractivity contribution in [2.45, 2.75) is 25.1 Å². The Morgan fingerprint density at radius 2 is 1.84 bits per heavy atom. The number of halogens is 2. The lowest BCUT2D eigenvalue weighted by Gasteiger charge is -2.14. The summed E-state index contributed by atoms with van der Waals surface area (Å²) in [4.78, 5) is 0. The Morgan fingerprint density at radius 3 is 2.47 bits per heavy atom. The van der Waals surface area contributed by atoms with E-state index in [1.807, 2.05) is 30.3 Å². The second-order valence-electron chi connectivity index (χ2n) is 4.68. The topological polar surface area (TPSA) is 9.23 Å². The van der Waals surface area contributed by atoms with Crippen LogP contribution in [0.25, 0.3) is 0 Å². The number of para-hydroxylation sites is 1. The minimum atomic E-state index is 0.446. The smallest absolute Gasteiger partial charge is 0.130 e. The van der Waals surface area contributed by atoms with Gasteiger partial charge in [-0.1, -0.05) is 70.0 Å². The van der Waals surface area contributed by atoms with Gasteiger partial charge in [0.05, 0.1) is 0 Å². The fraction of sp³-hybridized carbons (Fsp3) is 0.250. The van der Waals surface area contributed by atoms with Crippen molar-refractivity contribution in [2.24, 2.45) is 0 Å². The summed E-state index contributed by atoms with van der Waals surface area (Å²) in [6.07, 6.45) is 0. The van der Waals surface area contributed by atoms with E-state index in [-0.39, 0.29) is 0 Å². The van der Waals surface area contributed by atoms with E-state index in [0.29, 0.717) is 5.92 Å². The number of hydrogen-bond donors (Lipinski definition) is 0. The highest BCUT2D eigenvalue weighted by molar-refractivity contribution is 9.10. The molecule has 19 heavy (non-hydrogen) atoms. The SMILES string of the molecule is CC(C)c1ccccc1Oc1ccc(CBr)c(Br)c1. The summed E-state index contributed by atoms with van der Waals surface area (Å²) < 4.78 is 7.06. The minimum absolute atomic E-state index is 0.446. The molecule has 0 aliphatic carbocycles. The van der Waals surface area contributed by atoms with Crippen molar-refractivity contribution in [3.05, 3.63) is 58.1 Å². The van der Waals surface area contributed by atoms with Crippen molar-refractivity contribution in [1.29, 1.82) is 0 Å². The Morgan fingerprint density at radius 1 is 1.11 bits per heavy atom. The normalized spacial score (nSPS) is 10.8. The molecule has 0 heterocycles. The monoisotopic (exact) mass is 382 g/mol. The predicted octanol–water partition coefficient (Wildman–Crippen LogP) is 6.26. The fourth-order valence-corrected chi connectivity index (χ4v) is 3.24. The van der Waals surface area contributed by atoms with E-state index < -0.39 is 0 Å². The van der Waals surface area contributed by atoms with Crippen LogP contribution in [-0.2, 0) is 5.33 Å². The van der Waals surface area contributed by atoms with Crippen LogP contribution in [0.1, 0.15) is 30.9 Å². The molecule has 0 radical (unpaired) electrons. The lowest BCUT2D eigenvalue weighted by molar-refractivity contribution is 0.472. The van der Waals surface area contributed by atoms with E-state index >= 15 is 0 Å². The molecule has 0 spiro atoms. The van der Waals surface area contributed by atoms with Crippen LogP contribution in [0.5, 0.6) is 11.5 Å². The Kier molecular flexibility index (Phi) is 5.06. The summed E-state index contributed by atoms with van der Waals surface area (Å²) in [6, 6.07) is 14.2. The Balaban J connectivity index is 2.29. The van der Waals surface area contributed by atoms with Crippen LogP contribution < -0.4 is 4.74 Å². The average molecular weight is 384 g/mol. The lowest BCUT2D eigenvalue weighted by Crippen LogP contribution is -1.94. The summed E-state index contributed by atoms with van der Waals surface area (Å²) in [7, 11) is 0. The number of rotatable bonds is 4. The fourth-order valence-electron chi connectivity index (χ4n) is 1.88. The highest BCUT2D eigenvalue weighted by Gasteiger charge is 2.08. The van der Waals surface area contributed by atoms with Gasteiger partial charge >= 0.3 is 0 Å². The van der Waals surface area contributed by atoms with Gasteiger partial charge in [0.25, 0.3) is 0 Å². The standard InChI is InChI=1S/C16H16Br2O/c1-11(2)14-5-3-4-6-16(14)19-13-8-7-12(10-17)15(18)9-13/h3-9,11H,10H2,1-2H3. The van der Waals surface area contributed by atoms with E-state index in [0.717, 1.165) is 21.3 Å². The maximum atomic E-state index is 6.01. The summed E-state index contributed by atoms with van der Waals surface area (Å²) in [5.74, 6) is 2.22. The van der Waals surface area contributed by atoms with Crippen molar-refractivity contribution < 1.29 is 4.74 Å². The maximum Gasteiger partial charge on any atom is 0.130 e. The Bertz CT molecular complexity index is 564. The molecular formula is C16H16Br2O. The lowest BCUT2D eigenvalue weighted by atomic mass is 10.0. The van der Waals surface area contributed by atoms with Crippen molar-refractivity contribution in [3.63, 3.8) is 0 Å². The summed E-state index contributed by atoms with van der Waals surface area (Å²) in [5, 5.41) is 0.830. The highest BCUT2D eigenvalue weighted by Crippen LogP contribution is 2.32. The molecule has 100 valence electrons. The molecule has 0 N–H and O–H groups in total. The Hall–Kier alpha value is -0.800. The molecule has 0 fully saturated rings. The molecule has 0 aromatic heterocycles. The maximum absolute atomic E-state index is 6.01. The van der Waals surface area contributed by atoms with Gasteiger partial charge in [-0.05, 0) is 35.2 Å². The van der Waals surface area contributed by atoms with Crippen LogP contribution in [0.2, 0.25) is 0 Å².